The number of amides is 1. The number of pyridine rings is 1. The minimum Gasteiger partial charge on any atom is -0.383 e. The first-order valence-corrected chi connectivity index (χ1v) is 9.15. The molecular weight excluding hydrogens is 340 g/mol. The Kier molecular flexibility index (Phi) is 6.53. The zero-order chi connectivity index (χ0) is 19.1. The molecule has 1 saturated heterocycles. The number of carbonyl (C=O) groups excluding carboxylic acids is 1. The van der Waals surface area contributed by atoms with Gasteiger partial charge in [-0.25, -0.2) is 4.98 Å². The largest absolute Gasteiger partial charge is 0.383 e. The predicted octanol–water partition coefficient (Wildman–Crippen LogP) is 2.32. The average Bonchev–Trinajstić information content (AvgIpc) is 3.18. The fourth-order valence-electron chi connectivity index (χ4n) is 3.31. The van der Waals surface area contributed by atoms with Crippen LogP contribution >= 0.6 is 0 Å². The summed E-state index contributed by atoms with van der Waals surface area (Å²) in [5, 5.41) is 11.9. The van der Waals surface area contributed by atoms with Crippen molar-refractivity contribution in [1.82, 2.24) is 15.2 Å². The van der Waals surface area contributed by atoms with E-state index in [1.807, 2.05) is 36.4 Å². The Labute approximate surface area is 159 Å². The molecule has 6 heteroatoms. The second-order valence-corrected chi connectivity index (χ2v) is 6.78. The molecule has 140 valence electrons. The normalized spacial score (nSPS) is 16.8. The summed E-state index contributed by atoms with van der Waals surface area (Å²) < 4.78 is 5.12. The Morgan fingerprint density at radius 1 is 1.37 bits per heavy atom. The number of methoxy groups -OCH3 is 1. The second kappa shape index (κ2) is 9.26. The third kappa shape index (κ3) is 5.13. The van der Waals surface area contributed by atoms with Crippen LogP contribution in [0.3, 0.4) is 0 Å². The standard InChI is InChI=1S/C21H24N4O2/c1-27-10-9-25-8-7-16(15-25)13-24-21(26)18-4-2-3-17(11-18)19-5-6-20(12-22)23-14-19/h2-6,11,14,16H,7-10,13,15H2,1H3,(H,24,26)/t16-/m0/s1. The summed E-state index contributed by atoms with van der Waals surface area (Å²) in [4.78, 5) is 19.0. The number of hydrogen-bond donors (Lipinski definition) is 1. The lowest BCUT2D eigenvalue weighted by atomic mass is 10.0. The first kappa shape index (κ1) is 19.0. The van der Waals surface area contributed by atoms with E-state index in [-0.39, 0.29) is 5.91 Å². The molecule has 0 aliphatic carbocycles. The Bertz CT molecular complexity index is 814. The van der Waals surface area contributed by atoms with Gasteiger partial charge in [0.05, 0.1) is 6.61 Å². The first-order chi connectivity index (χ1) is 13.2. The monoisotopic (exact) mass is 364 g/mol. The number of hydrogen-bond acceptors (Lipinski definition) is 5. The molecular formula is C21H24N4O2. The van der Waals surface area contributed by atoms with Crippen LogP contribution < -0.4 is 5.32 Å². The van der Waals surface area contributed by atoms with Gasteiger partial charge < -0.3 is 15.0 Å². The number of aromatic nitrogens is 1. The van der Waals surface area contributed by atoms with Gasteiger partial charge in [-0.2, -0.15) is 5.26 Å². The van der Waals surface area contributed by atoms with E-state index in [9.17, 15) is 4.79 Å². The Hall–Kier alpha value is -2.75. The van der Waals surface area contributed by atoms with Crippen LogP contribution in [0.1, 0.15) is 22.5 Å². The van der Waals surface area contributed by atoms with Crippen molar-refractivity contribution in [2.75, 3.05) is 39.9 Å². The molecule has 1 N–H and O–H groups in total. The van der Waals surface area contributed by atoms with Crippen LogP contribution in [0.2, 0.25) is 0 Å². The van der Waals surface area contributed by atoms with E-state index in [0.717, 1.165) is 43.8 Å². The lowest BCUT2D eigenvalue weighted by Gasteiger charge is -2.15. The van der Waals surface area contributed by atoms with Gasteiger partial charge in [0, 0.05) is 44.1 Å². The van der Waals surface area contributed by atoms with Crippen molar-refractivity contribution >= 4 is 5.91 Å². The van der Waals surface area contributed by atoms with Gasteiger partial charge in [0.15, 0.2) is 0 Å². The van der Waals surface area contributed by atoms with Gasteiger partial charge in [-0.05, 0) is 48.7 Å². The van der Waals surface area contributed by atoms with Gasteiger partial charge in [-0.1, -0.05) is 12.1 Å². The molecule has 0 bridgehead atoms. The van der Waals surface area contributed by atoms with E-state index >= 15 is 0 Å². The van der Waals surface area contributed by atoms with E-state index in [2.05, 4.69) is 15.2 Å². The lowest BCUT2D eigenvalue weighted by Crippen LogP contribution is -2.31. The number of ether oxygens (including phenoxy) is 1. The zero-order valence-electron chi connectivity index (χ0n) is 15.5. The number of nitrogens with one attached hydrogen (secondary N) is 1. The van der Waals surface area contributed by atoms with E-state index in [1.165, 1.54) is 0 Å². The molecule has 0 saturated carbocycles. The van der Waals surface area contributed by atoms with E-state index in [0.29, 0.717) is 23.7 Å². The highest BCUT2D eigenvalue weighted by molar-refractivity contribution is 5.95. The number of nitriles is 1. The van der Waals surface area contributed by atoms with Gasteiger partial charge >= 0.3 is 0 Å². The zero-order valence-corrected chi connectivity index (χ0v) is 15.5. The number of carbonyl (C=O) groups is 1. The minimum absolute atomic E-state index is 0.0613. The van der Waals surface area contributed by atoms with Crippen LogP contribution in [-0.2, 0) is 4.74 Å². The third-order valence-electron chi connectivity index (χ3n) is 4.87. The van der Waals surface area contributed by atoms with Crippen LogP contribution in [0.15, 0.2) is 42.6 Å². The van der Waals surface area contributed by atoms with Crippen molar-refractivity contribution in [2.45, 2.75) is 6.42 Å². The maximum Gasteiger partial charge on any atom is 0.251 e. The van der Waals surface area contributed by atoms with Crippen LogP contribution in [0.4, 0.5) is 0 Å². The molecule has 2 aromatic rings. The molecule has 0 radical (unpaired) electrons. The van der Waals surface area contributed by atoms with Gasteiger partial charge in [0.1, 0.15) is 11.8 Å². The Balaban J connectivity index is 1.57. The summed E-state index contributed by atoms with van der Waals surface area (Å²) >= 11 is 0. The minimum atomic E-state index is -0.0613. The fraction of sp³-hybridized carbons (Fsp3) is 0.381. The van der Waals surface area contributed by atoms with E-state index in [1.54, 1.807) is 19.4 Å². The van der Waals surface area contributed by atoms with Crippen LogP contribution in [0.25, 0.3) is 11.1 Å². The van der Waals surface area contributed by atoms with Gasteiger partial charge in [0.25, 0.3) is 5.91 Å². The molecule has 1 aliphatic rings. The first-order valence-electron chi connectivity index (χ1n) is 9.15. The molecule has 0 unspecified atom stereocenters. The van der Waals surface area contributed by atoms with Crippen molar-refractivity contribution < 1.29 is 9.53 Å². The van der Waals surface area contributed by atoms with Crippen molar-refractivity contribution in [3.05, 3.63) is 53.9 Å². The molecule has 1 aromatic carbocycles. The number of likely N-dealkylation sites (tertiary alicyclic amines) is 1. The molecule has 1 aliphatic heterocycles. The van der Waals surface area contributed by atoms with Crippen molar-refractivity contribution in [2.24, 2.45) is 5.92 Å². The summed E-state index contributed by atoms with van der Waals surface area (Å²) in [6, 6.07) is 13.0. The second-order valence-electron chi connectivity index (χ2n) is 6.78. The summed E-state index contributed by atoms with van der Waals surface area (Å²) in [6.45, 7) is 4.44. The van der Waals surface area contributed by atoms with Crippen LogP contribution in [0.5, 0.6) is 0 Å². The summed E-state index contributed by atoms with van der Waals surface area (Å²) in [6.07, 6.45) is 2.75. The summed E-state index contributed by atoms with van der Waals surface area (Å²) in [7, 11) is 1.72. The highest BCUT2D eigenvalue weighted by Crippen LogP contribution is 2.20. The van der Waals surface area contributed by atoms with Gasteiger partial charge in [-0.15, -0.1) is 0 Å². The molecule has 2 heterocycles. The predicted molar refractivity (Wildman–Crippen MR) is 103 cm³/mol. The van der Waals surface area contributed by atoms with E-state index < -0.39 is 0 Å². The van der Waals surface area contributed by atoms with Crippen molar-refractivity contribution in [3.63, 3.8) is 0 Å². The molecule has 1 aromatic heterocycles. The van der Waals surface area contributed by atoms with Crippen molar-refractivity contribution in [3.8, 4) is 17.2 Å². The summed E-state index contributed by atoms with van der Waals surface area (Å²) in [5.74, 6) is 0.422. The topological polar surface area (TPSA) is 78.2 Å². The van der Waals surface area contributed by atoms with Gasteiger partial charge in [-0.3, -0.25) is 4.79 Å². The van der Waals surface area contributed by atoms with Gasteiger partial charge in [0.2, 0.25) is 0 Å². The maximum atomic E-state index is 12.5. The highest BCUT2D eigenvalue weighted by atomic mass is 16.5. The van der Waals surface area contributed by atoms with Crippen molar-refractivity contribution in [1.29, 1.82) is 5.26 Å². The number of nitrogens with zero attached hydrogens (tertiary/aromatic N) is 3. The lowest BCUT2D eigenvalue weighted by molar-refractivity contribution is 0.0946. The van der Waals surface area contributed by atoms with Crippen LogP contribution in [0, 0.1) is 17.2 Å². The molecule has 1 amide bonds. The fourth-order valence-corrected chi connectivity index (χ4v) is 3.31. The smallest absolute Gasteiger partial charge is 0.251 e. The van der Waals surface area contributed by atoms with E-state index in [4.69, 9.17) is 10.00 Å². The molecule has 0 spiro atoms. The third-order valence-corrected chi connectivity index (χ3v) is 4.87. The molecule has 1 atom stereocenters. The molecule has 3 rings (SSSR count). The average molecular weight is 364 g/mol. The van der Waals surface area contributed by atoms with Crippen LogP contribution in [-0.4, -0.2) is 55.7 Å². The number of benzene rings is 1. The number of rotatable bonds is 7. The Morgan fingerprint density at radius 2 is 2.26 bits per heavy atom. The maximum absolute atomic E-state index is 12.5. The highest BCUT2D eigenvalue weighted by Gasteiger charge is 2.22. The summed E-state index contributed by atoms with van der Waals surface area (Å²) in [5.41, 5.74) is 2.80. The SMILES string of the molecule is COCCN1CC[C@@H](CNC(=O)c2cccc(-c3ccc(C#N)nc3)c2)C1. The molecule has 6 nitrogen and oxygen atoms in total. The molecule has 1 fully saturated rings. The Morgan fingerprint density at radius 3 is 3.00 bits per heavy atom. The molecule has 27 heavy (non-hydrogen) atoms. The quantitative estimate of drug-likeness (QED) is 0.816.